The molecule has 0 aliphatic carbocycles. The van der Waals surface area contributed by atoms with Gasteiger partial charge in [-0.25, -0.2) is 9.18 Å². The number of halogens is 5. The Hall–Kier alpha value is -2.28. The van der Waals surface area contributed by atoms with Gasteiger partial charge in [0.05, 0.1) is 11.3 Å². The lowest BCUT2D eigenvalue weighted by molar-refractivity contribution is -0.136. The Balaban J connectivity index is 1.94. The molecule has 128 valence electrons. The Morgan fingerprint density at radius 3 is 2.38 bits per heavy atom. The van der Waals surface area contributed by atoms with Gasteiger partial charge in [0, 0.05) is 11.6 Å². The number of anilines is 1. The first-order chi connectivity index (χ1) is 11.3. The third kappa shape index (κ3) is 5.13. The number of carbonyl (C=O) groups excluding carboxylic acids is 1. The van der Waals surface area contributed by atoms with Crippen molar-refractivity contribution in [3.63, 3.8) is 0 Å². The molecule has 0 saturated heterocycles. The van der Waals surface area contributed by atoms with Crippen LogP contribution in [0.5, 0.6) is 0 Å². The maximum Gasteiger partial charge on any atom is 0.418 e. The molecule has 8 heteroatoms. The molecule has 2 N–H and O–H groups in total. The molecule has 0 radical (unpaired) electrons. The van der Waals surface area contributed by atoms with E-state index < -0.39 is 17.8 Å². The van der Waals surface area contributed by atoms with Gasteiger partial charge >= 0.3 is 12.2 Å². The Bertz CT molecular complexity index is 717. The molecule has 0 spiro atoms. The fourth-order valence-corrected chi connectivity index (χ4v) is 2.17. The third-order valence-electron chi connectivity index (χ3n) is 3.15. The van der Waals surface area contributed by atoms with Crippen molar-refractivity contribution >= 4 is 23.3 Å². The lowest BCUT2D eigenvalue weighted by atomic mass is 10.1. The minimum atomic E-state index is -4.64. The first-order valence-electron chi connectivity index (χ1n) is 6.92. The van der Waals surface area contributed by atoms with E-state index in [9.17, 15) is 22.4 Å². The molecule has 24 heavy (non-hydrogen) atoms. The number of rotatable bonds is 4. The molecule has 0 saturated carbocycles. The Morgan fingerprint density at radius 2 is 1.75 bits per heavy atom. The fraction of sp³-hybridized carbons (Fsp3) is 0.188. The van der Waals surface area contributed by atoms with Crippen LogP contribution in [0.1, 0.15) is 11.1 Å². The van der Waals surface area contributed by atoms with Crippen molar-refractivity contribution in [2.24, 2.45) is 0 Å². The van der Waals surface area contributed by atoms with E-state index in [0.717, 1.165) is 17.7 Å². The van der Waals surface area contributed by atoms with Crippen LogP contribution in [0.2, 0.25) is 5.02 Å². The third-order valence-corrected chi connectivity index (χ3v) is 3.38. The molecule has 0 unspecified atom stereocenters. The molecule has 0 atom stereocenters. The molecule has 2 rings (SSSR count). The van der Waals surface area contributed by atoms with Crippen LogP contribution in [0.25, 0.3) is 0 Å². The van der Waals surface area contributed by atoms with Gasteiger partial charge in [0.2, 0.25) is 0 Å². The van der Waals surface area contributed by atoms with Crippen LogP contribution in [-0.4, -0.2) is 12.6 Å². The van der Waals surface area contributed by atoms with Gasteiger partial charge in [-0.2, -0.15) is 13.2 Å². The first-order valence-corrected chi connectivity index (χ1v) is 7.29. The summed E-state index contributed by atoms with van der Waals surface area (Å²) in [7, 11) is 0. The number of nitrogens with one attached hydrogen (secondary N) is 2. The summed E-state index contributed by atoms with van der Waals surface area (Å²) in [6.45, 7) is 0.187. The van der Waals surface area contributed by atoms with E-state index in [4.69, 9.17) is 11.6 Å². The van der Waals surface area contributed by atoms with E-state index >= 15 is 0 Å². The molecular weight excluding hydrogens is 348 g/mol. The fourth-order valence-electron chi connectivity index (χ4n) is 2.00. The molecule has 0 aliphatic rings. The minimum absolute atomic E-state index is 0.0791. The summed E-state index contributed by atoms with van der Waals surface area (Å²) in [6, 6.07) is 8.03. The number of carbonyl (C=O) groups is 1. The van der Waals surface area contributed by atoms with E-state index in [0.29, 0.717) is 6.42 Å². The highest BCUT2D eigenvalue weighted by Crippen LogP contribution is 2.36. The predicted molar refractivity (Wildman–Crippen MR) is 83.6 cm³/mol. The number of amides is 2. The van der Waals surface area contributed by atoms with Crippen LogP contribution in [0.15, 0.2) is 42.5 Å². The van der Waals surface area contributed by atoms with Gasteiger partial charge in [-0.15, -0.1) is 0 Å². The van der Waals surface area contributed by atoms with Gasteiger partial charge in [-0.1, -0.05) is 23.7 Å². The molecule has 0 aliphatic heterocycles. The van der Waals surface area contributed by atoms with Crippen LogP contribution < -0.4 is 10.6 Å². The Morgan fingerprint density at radius 1 is 1.08 bits per heavy atom. The molecular formula is C16H13ClF4N2O. The summed E-state index contributed by atoms with van der Waals surface area (Å²) >= 11 is 5.57. The van der Waals surface area contributed by atoms with E-state index in [1.807, 2.05) is 0 Å². The summed E-state index contributed by atoms with van der Waals surface area (Å²) in [5, 5.41) is 4.52. The molecule has 0 aromatic heterocycles. The summed E-state index contributed by atoms with van der Waals surface area (Å²) in [5.41, 5.74) is -0.617. The van der Waals surface area contributed by atoms with Crippen LogP contribution in [0.4, 0.5) is 28.0 Å². The zero-order valence-corrected chi connectivity index (χ0v) is 13.0. The SMILES string of the molecule is O=C(NCCc1ccc(F)cc1)Nc1ccc(Cl)cc1C(F)(F)F. The van der Waals surface area contributed by atoms with Crippen LogP contribution in [0, 0.1) is 5.82 Å². The highest BCUT2D eigenvalue weighted by Gasteiger charge is 2.34. The molecule has 2 aromatic rings. The topological polar surface area (TPSA) is 41.1 Å². The monoisotopic (exact) mass is 360 g/mol. The van der Waals surface area contributed by atoms with E-state index in [1.54, 1.807) is 12.1 Å². The number of urea groups is 1. The van der Waals surface area contributed by atoms with Crippen LogP contribution >= 0.6 is 11.6 Å². The van der Waals surface area contributed by atoms with Gasteiger partial charge in [0.15, 0.2) is 0 Å². The second-order valence-electron chi connectivity index (χ2n) is 4.95. The zero-order chi connectivity index (χ0) is 17.7. The quantitative estimate of drug-likeness (QED) is 0.751. The average molecular weight is 361 g/mol. The number of alkyl halides is 3. The zero-order valence-electron chi connectivity index (χ0n) is 12.3. The molecule has 3 nitrogen and oxygen atoms in total. The van der Waals surface area contributed by atoms with Crippen molar-refractivity contribution in [3.05, 3.63) is 64.4 Å². The van der Waals surface area contributed by atoms with Crippen molar-refractivity contribution in [3.8, 4) is 0 Å². The van der Waals surface area contributed by atoms with Crippen molar-refractivity contribution < 1.29 is 22.4 Å². The standard InChI is InChI=1S/C16H13ClF4N2O/c17-11-3-6-14(13(9-11)16(19,20)21)23-15(24)22-8-7-10-1-4-12(18)5-2-10/h1-6,9H,7-8H2,(H2,22,23,24). The summed E-state index contributed by atoms with van der Waals surface area (Å²) in [4.78, 5) is 11.7. The van der Waals surface area contributed by atoms with Crippen molar-refractivity contribution in [1.82, 2.24) is 5.32 Å². The maximum atomic E-state index is 12.9. The molecule has 2 amide bonds. The van der Waals surface area contributed by atoms with Gasteiger partial charge in [0.25, 0.3) is 0 Å². The van der Waals surface area contributed by atoms with Crippen LogP contribution in [0.3, 0.4) is 0 Å². The molecule has 2 aromatic carbocycles. The summed E-state index contributed by atoms with van der Waals surface area (Å²) in [5.74, 6) is -0.369. The van der Waals surface area contributed by atoms with E-state index in [-0.39, 0.29) is 23.1 Å². The second-order valence-corrected chi connectivity index (χ2v) is 5.38. The molecule has 0 heterocycles. The summed E-state index contributed by atoms with van der Waals surface area (Å²) < 4.78 is 51.5. The first kappa shape index (κ1) is 18.1. The van der Waals surface area contributed by atoms with Crippen molar-refractivity contribution in [2.75, 3.05) is 11.9 Å². The Labute approximate surface area is 140 Å². The van der Waals surface area contributed by atoms with Crippen molar-refractivity contribution in [1.29, 1.82) is 0 Å². The second kappa shape index (κ2) is 7.53. The largest absolute Gasteiger partial charge is 0.418 e. The van der Waals surface area contributed by atoms with E-state index in [2.05, 4.69) is 10.6 Å². The lowest BCUT2D eigenvalue weighted by Gasteiger charge is -2.14. The molecule has 0 fully saturated rings. The van der Waals surface area contributed by atoms with Gasteiger partial charge < -0.3 is 10.6 Å². The number of benzene rings is 2. The smallest absolute Gasteiger partial charge is 0.338 e. The summed E-state index contributed by atoms with van der Waals surface area (Å²) in [6.07, 6.45) is -4.22. The Kier molecular flexibility index (Phi) is 5.66. The molecule has 0 bridgehead atoms. The maximum absolute atomic E-state index is 12.9. The average Bonchev–Trinajstić information content (AvgIpc) is 2.50. The normalized spacial score (nSPS) is 11.2. The highest BCUT2D eigenvalue weighted by atomic mass is 35.5. The highest BCUT2D eigenvalue weighted by molar-refractivity contribution is 6.30. The number of hydrogen-bond acceptors (Lipinski definition) is 1. The van der Waals surface area contributed by atoms with E-state index in [1.165, 1.54) is 18.2 Å². The van der Waals surface area contributed by atoms with Gasteiger partial charge in [0.1, 0.15) is 5.82 Å². The van der Waals surface area contributed by atoms with Gasteiger partial charge in [-0.05, 0) is 42.3 Å². The minimum Gasteiger partial charge on any atom is -0.338 e. The van der Waals surface area contributed by atoms with Crippen molar-refractivity contribution in [2.45, 2.75) is 12.6 Å². The predicted octanol–water partition coefficient (Wildman–Crippen LogP) is 4.86. The lowest BCUT2D eigenvalue weighted by Crippen LogP contribution is -2.31. The van der Waals surface area contributed by atoms with Gasteiger partial charge in [-0.3, -0.25) is 0 Å². The number of hydrogen-bond donors (Lipinski definition) is 2. The van der Waals surface area contributed by atoms with Crippen LogP contribution in [-0.2, 0) is 12.6 Å².